The average Bonchev–Trinajstić information content (AvgIpc) is 2.70. The first-order valence-electron chi connectivity index (χ1n) is 6.13. The SMILES string of the molecule is CCn1nc(C)cc1CN1C(=O)CNC(C)C1=O. The van der Waals surface area contributed by atoms with Crippen LogP contribution in [0.4, 0.5) is 0 Å². The Morgan fingerprint density at radius 1 is 1.50 bits per heavy atom. The van der Waals surface area contributed by atoms with Crippen molar-refractivity contribution < 1.29 is 9.59 Å². The molecule has 1 unspecified atom stereocenters. The Hall–Kier alpha value is -1.69. The molecule has 1 N–H and O–H groups in total. The van der Waals surface area contributed by atoms with Gasteiger partial charge in [-0.3, -0.25) is 24.5 Å². The molecule has 1 aromatic heterocycles. The predicted molar refractivity (Wildman–Crippen MR) is 65.7 cm³/mol. The van der Waals surface area contributed by atoms with Crippen LogP contribution in [0.15, 0.2) is 6.07 Å². The van der Waals surface area contributed by atoms with Gasteiger partial charge in [-0.05, 0) is 26.8 Å². The maximum atomic E-state index is 12.0. The highest BCUT2D eigenvalue weighted by atomic mass is 16.2. The smallest absolute Gasteiger partial charge is 0.246 e. The molecular weight excluding hydrogens is 232 g/mol. The predicted octanol–water partition coefficient (Wildman–Crippen LogP) is 0.0583. The lowest BCUT2D eigenvalue weighted by Gasteiger charge is -2.29. The molecule has 0 radical (unpaired) electrons. The molecule has 18 heavy (non-hydrogen) atoms. The van der Waals surface area contributed by atoms with Gasteiger partial charge in [0.2, 0.25) is 11.8 Å². The van der Waals surface area contributed by atoms with Crippen molar-refractivity contribution in [2.75, 3.05) is 6.54 Å². The first-order chi connectivity index (χ1) is 8.52. The van der Waals surface area contributed by atoms with Gasteiger partial charge in [0.1, 0.15) is 0 Å². The quantitative estimate of drug-likeness (QED) is 0.770. The number of nitrogens with one attached hydrogen (secondary N) is 1. The van der Waals surface area contributed by atoms with Crippen LogP contribution in [-0.4, -0.2) is 39.1 Å². The van der Waals surface area contributed by atoms with E-state index in [1.54, 1.807) is 6.92 Å². The summed E-state index contributed by atoms with van der Waals surface area (Å²) in [7, 11) is 0. The molecule has 1 aromatic rings. The van der Waals surface area contributed by atoms with Crippen molar-refractivity contribution in [1.29, 1.82) is 0 Å². The van der Waals surface area contributed by atoms with E-state index in [1.165, 1.54) is 4.90 Å². The Kier molecular flexibility index (Phi) is 3.47. The topological polar surface area (TPSA) is 67.2 Å². The molecule has 0 spiro atoms. The average molecular weight is 250 g/mol. The van der Waals surface area contributed by atoms with E-state index >= 15 is 0 Å². The second kappa shape index (κ2) is 4.89. The minimum atomic E-state index is -0.304. The van der Waals surface area contributed by atoms with Crippen LogP contribution in [0, 0.1) is 6.92 Å². The zero-order valence-corrected chi connectivity index (χ0v) is 10.9. The summed E-state index contributed by atoms with van der Waals surface area (Å²) in [6, 6.07) is 1.61. The first kappa shape index (κ1) is 12.8. The van der Waals surface area contributed by atoms with Crippen LogP contribution >= 0.6 is 0 Å². The number of amides is 2. The highest BCUT2D eigenvalue weighted by Gasteiger charge is 2.31. The van der Waals surface area contributed by atoms with Crippen molar-refractivity contribution in [1.82, 2.24) is 20.0 Å². The standard InChI is InChI=1S/C12H18N4O2/c1-4-16-10(5-8(2)14-16)7-15-11(17)6-13-9(3)12(15)18/h5,9,13H,4,6-7H2,1-3H3. The van der Waals surface area contributed by atoms with Gasteiger partial charge in [-0.1, -0.05) is 0 Å². The summed E-state index contributed by atoms with van der Waals surface area (Å²) in [4.78, 5) is 25.0. The monoisotopic (exact) mass is 250 g/mol. The fourth-order valence-corrected chi connectivity index (χ4v) is 2.11. The van der Waals surface area contributed by atoms with E-state index in [0.29, 0.717) is 6.54 Å². The van der Waals surface area contributed by atoms with Crippen molar-refractivity contribution in [3.63, 3.8) is 0 Å². The number of hydrogen-bond acceptors (Lipinski definition) is 4. The summed E-state index contributed by atoms with van der Waals surface area (Å²) in [5, 5.41) is 7.18. The molecule has 2 amide bonds. The largest absolute Gasteiger partial charge is 0.298 e. The van der Waals surface area contributed by atoms with E-state index in [0.717, 1.165) is 17.9 Å². The van der Waals surface area contributed by atoms with E-state index in [2.05, 4.69) is 10.4 Å². The number of imide groups is 1. The normalized spacial score (nSPS) is 20.6. The van der Waals surface area contributed by atoms with Gasteiger partial charge in [-0.15, -0.1) is 0 Å². The fraction of sp³-hybridized carbons (Fsp3) is 0.583. The van der Waals surface area contributed by atoms with Crippen LogP contribution in [-0.2, 0) is 22.7 Å². The molecule has 1 fully saturated rings. The molecule has 98 valence electrons. The van der Waals surface area contributed by atoms with E-state index in [9.17, 15) is 9.59 Å². The number of aromatic nitrogens is 2. The second-order valence-electron chi connectivity index (χ2n) is 4.51. The molecule has 2 heterocycles. The van der Waals surface area contributed by atoms with Crippen molar-refractivity contribution in [2.24, 2.45) is 0 Å². The minimum Gasteiger partial charge on any atom is -0.298 e. The summed E-state index contributed by atoms with van der Waals surface area (Å²) >= 11 is 0. The van der Waals surface area contributed by atoms with Crippen LogP contribution in [0.3, 0.4) is 0 Å². The van der Waals surface area contributed by atoms with Gasteiger partial charge in [0.25, 0.3) is 0 Å². The molecule has 0 aliphatic carbocycles. The van der Waals surface area contributed by atoms with Gasteiger partial charge < -0.3 is 0 Å². The molecule has 6 heteroatoms. The van der Waals surface area contributed by atoms with Crippen LogP contribution in [0.2, 0.25) is 0 Å². The summed E-state index contributed by atoms with van der Waals surface area (Å²) in [5.41, 5.74) is 1.79. The van der Waals surface area contributed by atoms with Crippen molar-refractivity contribution in [3.8, 4) is 0 Å². The molecule has 0 aromatic carbocycles. The molecule has 0 saturated carbocycles. The number of piperazine rings is 1. The number of carbonyl (C=O) groups excluding carboxylic acids is 2. The van der Waals surface area contributed by atoms with Crippen LogP contribution in [0.5, 0.6) is 0 Å². The minimum absolute atomic E-state index is 0.173. The Balaban J connectivity index is 2.21. The van der Waals surface area contributed by atoms with Gasteiger partial charge in [0.15, 0.2) is 0 Å². The third-order valence-corrected chi connectivity index (χ3v) is 3.10. The molecule has 1 aliphatic heterocycles. The van der Waals surface area contributed by atoms with E-state index in [-0.39, 0.29) is 24.4 Å². The number of aryl methyl sites for hydroxylation is 2. The maximum absolute atomic E-state index is 12.0. The van der Waals surface area contributed by atoms with Gasteiger partial charge >= 0.3 is 0 Å². The van der Waals surface area contributed by atoms with E-state index in [1.807, 2.05) is 24.6 Å². The van der Waals surface area contributed by atoms with Gasteiger partial charge in [-0.2, -0.15) is 5.10 Å². The maximum Gasteiger partial charge on any atom is 0.246 e. The summed E-state index contributed by atoms with van der Waals surface area (Å²) in [5.74, 6) is -0.354. The zero-order chi connectivity index (χ0) is 13.3. The number of rotatable bonds is 3. The van der Waals surface area contributed by atoms with Crippen molar-refractivity contribution in [2.45, 2.75) is 39.9 Å². The highest BCUT2D eigenvalue weighted by molar-refractivity contribution is 6.00. The Morgan fingerprint density at radius 3 is 2.89 bits per heavy atom. The Morgan fingerprint density at radius 2 is 2.22 bits per heavy atom. The molecule has 2 rings (SSSR count). The fourth-order valence-electron chi connectivity index (χ4n) is 2.11. The summed E-state index contributed by atoms with van der Waals surface area (Å²) < 4.78 is 1.82. The molecular formula is C12H18N4O2. The highest BCUT2D eigenvalue weighted by Crippen LogP contribution is 2.11. The lowest BCUT2D eigenvalue weighted by molar-refractivity contribution is -0.149. The lowest BCUT2D eigenvalue weighted by Crippen LogP contribution is -2.56. The molecule has 1 atom stereocenters. The number of nitrogens with zero attached hydrogens (tertiary/aromatic N) is 3. The van der Waals surface area contributed by atoms with Crippen LogP contribution in [0.1, 0.15) is 25.2 Å². The molecule has 1 aliphatic rings. The Bertz CT molecular complexity index is 480. The summed E-state index contributed by atoms with van der Waals surface area (Å²) in [6.07, 6.45) is 0. The number of hydrogen-bond donors (Lipinski definition) is 1. The Labute approximate surface area is 106 Å². The van der Waals surface area contributed by atoms with Gasteiger partial charge in [0.05, 0.1) is 30.5 Å². The van der Waals surface area contributed by atoms with Crippen molar-refractivity contribution >= 4 is 11.8 Å². The third kappa shape index (κ3) is 2.28. The molecule has 0 bridgehead atoms. The van der Waals surface area contributed by atoms with Crippen molar-refractivity contribution in [3.05, 3.63) is 17.5 Å². The van der Waals surface area contributed by atoms with Crippen LogP contribution < -0.4 is 5.32 Å². The molecule has 1 saturated heterocycles. The van der Waals surface area contributed by atoms with Gasteiger partial charge in [-0.25, -0.2) is 0 Å². The van der Waals surface area contributed by atoms with Gasteiger partial charge in [0, 0.05) is 6.54 Å². The first-order valence-corrected chi connectivity index (χ1v) is 6.13. The second-order valence-corrected chi connectivity index (χ2v) is 4.51. The van der Waals surface area contributed by atoms with Crippen LogP contribution in [0.25, 0.3) is 0 Å². The zero-order valence-electron chi connectivity index (χ0n) is 10.9. The van der Waals surface area contributed by atoms with E-state index in [4.69, 9.17) is 0 Å². The number of carbonyl (C=O) groups is 2. The summed E-state index contributed by atoms with van der Waals surface area (Å²) in [6.45, 7) is 6.90. The molecule has 6 nitrogen and oxygen atoms in total. The lowest BCUT2D eigenvalue weighted by atomic mass is 10.2. The third-order valence-electron chi connectivity index (χ3n) is 3.10. The van der Waals surface area contributed by atoms with E-state index < -0.39 is 0 Å².